The molecule has 0 heterocycles. The van der Waals surface area contributed by atoms with Gasteiger partial charge in [-0.2, -0.15) is 0 Å². The van der Waals surface area contributed by atoms with Crippen LogP contribution < -0.4 is 0 Å². The zero-order valence-corrected chi connectivity index (χ0v) is 22.1. The molecular formula is C36H34O2. The van der Waals surface area contributed by atoms with Gasteiger partial charge in [-0.25, -0.2) is 0 Å². The Hall–Kier alpha value is -4.30. The number of aryl methyl sites for hydroxylation is 3. The first-order chi connectivity index (χ1) is 18.5. The molecule has 0 atom stereocenters. The quantitative estimate of drug-likeness (QED) is 0.189. The molecule has 1 aliphatic rings. The summed E-state index contributed by atoms with van der Waals surface area (Å²) in [5.41, 5.74) is 9.62. The minimum absolute atomic E-state index is 0.236. The van der Waals surface area contributed by atoms with Gasteiger partial charge in [-0.3, -0.25) is 0 Å². The van der Waals surface area contributed by atoms with Crippen LogP contribution in [-0.2, 0) is 24.7 Å². The fourth-order valence-corrected chi connectivity index (χ4v) is 5.82. The van der Waals surface area contributed by atoms with Crippen LogP contribution in [0, 0.1) is 0 Å². The van der Waals surface area contributed by atoms with Gasteiger partial charge in [0.1, 0.15) is 5.75 Å². The molecule has 0 aliphatic heterocycles. The second-order valence-corrected chi connectivity index (χ2v) is 9.99. The van der Waals surface area contributed by atoms with E-state index < -0.39 is 5.41 Å². The normalized spacial score (nSPS) is 14.2. The number of benzene rings is 4. The molecule has 2 nitrogen and oxygen atoms in total. The average Bonchev–Trinajstić information content (AvgIpc) is 3.24. The summed E-state index contributed by atoms with van der Waals surface area (Å²) >= 11 is 0. The number of aliphatic hydroxyl groups is 1. The molecule has 4 aromatic rings. The van der Waals surface area contributed by atoms with Crippen molar-refractivity contribution < 1.29 is 10.2 Å². The summed E-state index contributed by atoms with van der Waals surface area (Å²) in [7, 11) is 0. The Morgan fingerprint density at radius 2 is 1.39 bits per heavy atom. The third-order valence-corrected chi connectivity index (χ3v) is 7.74. The fraction of sp³-hybridized carbons (Fsp3) is 0.167. The van der Waals surface area contributed by atoms with Crippen molar-refractivity contribution in [3.63, 3.8) is 0 Å². The van der Waals surface area contributed by atoms with Gasteiger partial charge in [0.15, 0.2) is 0 Å². The van der Waals surface area contributed by atoms with Gasteiger partial charge in [-0.05, 0) is 88.4 Å². The molecule has 2 heteroatoms. The topological polar surface area (TPSA) is 40.5 Å². The summed E-state index contributed by atoms with van der Waals surface area (Å²) in [5.74, 6) is 0.545. The molecule has 0 fully saturated rings. The average molecular weight is 499 g/mol. The molecule has 4 aromatic carbocycles. The van der Waals surface area contributed by atoms with Crippen LogP contribution in [0.5, 0.6) is 5.75 Å². The predicted octanol–water partition coefficient (Wildman–Crippen LogP) is 8.63. The van der Waals surface area contributed by atoms with Crippen LogP contribution in [0.1, 0.15) is 47.2 Å². The number of rotatable bonds is 8. The van der Waals surface area contributed by atoms with Crippen molar-refractivity contribution in [3.8, 4) is 16.9 Å². The first kappa shape index (κ1) is 25.4. The SMILES string of the molecule is C=C/C(=C\C=C(/C)O)C1(c2ccc(O)c(CCc3ccc(CC)cc3)c2)c2ccccc2-c2ccccc21. The maximum absolute atomic E-state index is 10.9. The van der Waals surface area contributed by atoms with E-state index in [9.17, 15) is 10.2 Å². The minimum Gasteiger partial charge on any atom is -0.513 e. The lowest BCUT2D eigenvalue weighted by molar-refractivity contribution is 0.414. The van der Waals surface area contributed by atoms with Crippen LogP contribution in [0.15, 0.2) is 127 Å². The van der Waals surface area contributed by atoms with Crippen molar-refractivity contribution in [2.45, 2.75) is 38.5 Å². The van der Waals surface area contributed by atoms with Crippen molar-refractivity contribution in [2.24, 2.45) is 0 Å². The van der Waals surface area contributed by atoms with Crippen LogP contribution >= 0.6 is 0 Å². The van der Waals surface area contributed by atoms with E-state index in [-0.39, 0.29) is 5.76 Å². The van der Waals surface area contributed by atoms with E-state index >= 15 is 0 Å². The van der Waals surface area contributed by atoms with Gasteiger partial charge in [0.2, 0.25) is 0 Å². The molecular weight excluding hydrogens is 464 g/mol. The zero-order valence-electron chi connectivity index (χ0n) is 22.1. The lowest BCUT2D eigenvalue weighted by Crippen LogP contribution is -2.29. The molecule has 190 valence electrons. The highest BCUT2D eigenvalue weighted by molar-refractivity contribution is 5.86. The number of hydrogen-bond donors (Lipinski definition) is 2. The second kappa shape index (κ2) is 10.6. The van der Waals surface area contributed by atoms with E-state index in [4.69, 9.17) is 0 Å². The number of phenolic OH excluding ortho intramolecular Hbond substituents is 1. The van der Waals surface area contributed by atoms with Crippen molar-refractivity contribution >= 4 is 0 Å². The molecule has 5 rings (SSSR count). The predicted molar refractivity (Wildman–Crippen MR) is 158 cm³/mol. The van der Waals surface area contributed by atoms with E-state index in [0.717, 1.165) is 36.0 Å². The van der Waals surface area contributed by atoms with E-state index in [1.54, 1.807) is 13.0 Å². The monoisotopic (exact) mass is 498 g/mol. The molecule has 0 bridgehead atoms. The second-order valence-electron chi connectivity index (χ2n) is 9.99. The standard InChI is InChI=1S/C36H34O2/c1-4-26-15-17-27(18-16-26)19-20-28-24-30(22-23-35(28)38)36(29(5-2)21-14-25(3)37)33-12-8-6-10-31(33)32-11-7-9-13-34(32)36/h5-18,21-24,37-38H,2,4,19-20H2,1,3H3/b25-14+,29-21+. The summed E-state index contributed by atoms with van der Waals surface area (Å²) in [6.07, 6.45) is 8.18. The number of aliphatic hydroxyl groups excluding tert-OH is 1. The first-order valence-corrected chi connectivity index (χ1v) is 13.3. The van der Waals surface area contributed by atoms with Crippen LogP contribution in [0.3, 0.4) is 0 Å². The summed E-state index contributed by atoms with van der Waals surface area (Å²) in [5, 5.41) is 20.9. The molecule has 0 aromatic heterocycles. The highest BCUT2D eigenvalue weighted by Crippen LogP contribution is 2.56. The smallest absolute Gasteiger partial charge is 0.118 e. The van der Waals surface area contributed by atoms with Gasteiger partial charge >= 0.3 is 0 Å². The molecule has 0 saturated carbocycles. The summed E-state index contributed by atoms with van der Waals surface area (Å²) in [6, 6.07) is 31.8. The van der Waals surface area contributed by atoms with Gasteiger partial charge in [0.05, 0.1) is 11.2 Å². The largest absolute Gasteiger partial charge is 0.513 e. The van der Waals surface area contributed by atoms with E-state index in [1.165, 1.54) is 33.4 Å². The Balaban J connectivity index is 1.69. The summed E-state index contributed by atoms with van der Waals surface area (Å²) in [6.45, 7) is 8.04. The minimum atomic E-state index is -0.633. The van der Waals surface area contributed by atoms with E-state index in [0.29, 0.717) is 5.75 Å². The highest BCUT2D eigenvalue weighted by atomic mass is 16.3. The number of allylic oxidation sites excluding steroid dienone is 5. The van der Waals surface area contributed by atoms with Crippen LogP contribution in [0.4, 0.5) is 0 Å². The Morgan fingerprint density at radius 1 is 0.789 bits per heavy atom. The number of aromatic hydroxyl groups is 1. The Labute approximate surface area is 225 Å². The van der Waals surface area contributed by atoms with Gasteiger partial charge in [0.25, 0.3) is 0 Å². The van der Waals surface area contributed by atoms with E-state index in [1.807, 2.05) is 24.3 Å². The molecule has 2 N–H and O–H groups in total. The molecule has 0 unspecified atom stereocenters. The maximum atomic E-state index is 10.9. The van der Waals surface area contributed by atoms with E-state index in [2.05, 4.69) is 92.4 Å². The van der Waals surface area contributed by atoms with Gasteiger partial charge in [0, 0.05) is 0 Å². The van der Waals surface area contributed by atoms with Gasteiger partial charge in [-0.15, -0.1) is 0 Å². The molecule has 0 radical (unpaired) electrons. The number of hydrogen-bond acceptors (Lipinski definition) is 2. The van der Waals surface area contributed by atoms with Crippen molar-refractivity contribution in [3.05, 3.63) is 161 Å². The van der Waals surface area contributed by atoms with Gasteiger partial charge < -0.3 is 10.2 Å². The summed E-state index contributed by atoms with van der Waals surface area (Å²) in [4.78, 5) is 0. The molecule has 1 aliphatic carbocycles. The van der Waals surface area contributed by atoms with Crippen LogP contribution in [0.2, 0.25) is 0 Å². The summed E-state index contributed by atoms with van der Waals surface area (Å²) < 4.78 is 0. The highest BCUT2D eigenvalue weighted by Gasteiger charge is 2.46. The fourth-order valence-electron chi connectivity index (χ4n) is 5.82. The molecule has 0 amide bonds. The van der Waals surface area contributed by atoms with Crippen LogP contribution in [0.25, 0.3) is 11.1 Å². The third-order valence-electron chi connectivity index (χ3n) is 7.74. The van der Waals surface area contributed by atoms with Gasteiger partial charge in [-0.1, -0.05) is 111 Å². The molecule has 38 heavy (non-hydrogen) atoms. The lowest BCUT2D eigenvalue weighted by atomic mass is 9.66. The number of phenols is 1. The Morgan fingerprint density at radius 3 is 1.97 bits per heavy atom. The number of fused-ring (bicyclic) bond motifs is 3. The maximum Gasteiger partial charge on any atom is 0.118 e. The van der Waals surface area contributed by atoms with Crippen molar-refractivity contribution in [1.29, 1.82) is 0 Å². The van der Waals surface area contributed by atoms with Crippen LogP contribution in [-0.4, -0.2) is 10.2 Å². The molecule has 0 spiro atoms. The van der Waals surface area contributed by atoms with Crippen molar-refractivity contribution in [2.75, 3.05) is 0 Å². The molecule has 0 saturated heterocycles. The third kappa shape index (κ3) is 4.37. The van der Waals surface area contributed by atoms with Crippen molar-refractivity contribution in [1.82, 2.24) is 0 Å². The lowest BCUT2D eigenvalue weighted by Gasteiger charge is -2.35. The Kier molecular flexibility index (Phi) is 7.07. The zero-order chi connectivity index (χ0) is 26.7. The first-order valence-electron chi connectivity index (χ1n) is 13.3. The Bertz CT molecular complexity index is 1490.